The van der Waals surface area contributed by atoms with Crippen LogP contribution in [-0.2, 0) is 6.54 Å². The Balaban J connectivity index is 2.10. The number of nitrogens with zero attached hydrogens (tertiary/aromatic N) is 3. The number of aryl methyl sites for hydroxylation is 1. The normalized spacial score (nSPS) is 10.2. The lowest BCUT2D eigenvalue weighted by atomic mass is 10.2. The molecular formula is C11H12BrN5. The number of hydrogen-bond donors (Lipinski definition) is 2. The van der Waals surface area contributed by atoms with Gasteiger partial charge in [0.2, 0.25) is 5.95 Å². The Morgan fingerprint density at radius 2 is 2.24 bits per heavy atom. The van der Waals surface area contributed by atoms with Crippen LogP contribution in [0, 0.1) is 6.92 Å². The highest BCUT2D eigenvalue weighted by atomic mass is 79.9. The zero-order valence-corrected chi connectivity index (χ0v) is 10.9. The van der Waals surface area contributed by atoms with Gasteiger partial charge in [-0.2, -0.15) is 4.98 Å². The Morgan fingerprint density at radius 3 is 2.94 bits per heavy atom. The van der Waals surface area contributed by atoms with Crippen LogP contribution in [0.2, 0.25) is 0 Å². The van der Waals surface area contributed by atoms with Crippen molar-refractivity contribution in [1.29, 1.82) is 0 Å². The third-order valence-electron chi connectivity index (χ3n) is 2.25. The van der Waals surface area contributed by atoms with Gasteiger partial charge in [0.15, 0.2) is 0 Å². The van der Waals surface area contributed by atoms with Crippen LogP contribution in [0.1, 0.15) is 11.3 Å². The fourth-order valence-corrected chi connectivity index (χ4v) is 1.78. The number of halogens is 1. The molecule has 2 rings (SSSR count). The van der Waals surface area contributed by atoms with Crippen LogP contribution in [0.5, 0.6) is 0 Å². The number of anilines is 2. The molecule has 0 aliphatic rings. The molecule has 0 aromatic carbocycles. The summed E-state index contributed by atoms with van der Waals surface area (Å²) in [6, 6.07) is 5.57. The van der Waals surface area contributed by atoms with Crippen LogP contribution in [-0.4, -0.2) is 15.0 Å². The lowest BCUT2D eigenvalue weighted by Gasteiger charge is -2.07. The molecule has 0 radical (unpaired) electrons. The van der Waals surface area contributed by atoms with Crippen molar-refractivity contribution in [1.82, 2.24) is 15.0 Å². The Labute approximate surface area is 108 Å². The van der Waals surface area contributed by atoms with Crippen molar-refractivity contribution >= 4 is 27.7 Å². The Kier molecular flexibility index (Phi) is 3.53. The second-order valence-corrected chi connectivity index (χ2v) is 4.37. The van der Waals surface area contributed by atoms with Crippen molar-refractivity contribution in [2.45, 2.75) is 13.5 Å². The minimum Gasteiger partial charge on any atom is -0.383 e. The second-order valence-electron chi connectivity index (χ2n) is 3.56. The van der Waals surface area contributed by atoms with Gasteiger partial charge in [0.05, 0.1) is 12.2 Å². The molecule has 0 bridgehead atoms. The largest absolute Gasteiger partial charge is 0.383 e. The fraction of sp³-hybridized carbons (Fsp3) is 0.182. The highest BCUT2D eigenvalue weighted by Crippen LogP contribution is 2.13. The molecule has 2 aromatic rings. The first-order chi connectivity index (χ1) is 8.15. The lowest BCUT2D eigenvalue weighted by Crippen LogP contribution is -2.07. The molecule has 0 unspecified atom stereocenters. The summed E-state index contributed by atoms with van der Waals surface area (Å²) in [6.07, 6.45) is 1.76. The van der Waals surface area contributed by atoms with Gasteiger partial charge in [-0.25, -0.2) is 4.98 Å². The molecule has 6 heteroatoms. The van der Waals surface area contributed by atoms with E-state index < -0.39 is 0 Å². The molecule has 0 aliphatic carbocycles. The summed E-state index contributed by atoms with van der Waals surface area (Å²) >= 11 is 3.27. The van der Waals surface area contributed by atoms with Gasteiger partial charge in [-0.15, -0.1) is 0 Å². The van der Waals surface area contributed by atoms with Crippen LogP contribution in [0.4, 0.5) is 11.8 Å². The van der Waals surface area contributed by atoms with Crippen molar-refractivity contribution in [3.05, 3.63) is 40.3 Å². The Bertz CT molecular complexity index is 509. The summed E-state index contributed by atoms with van der Waals surface area (Å²) in [5.41, 5.74) is 7.72. The fourth-order valence-electron chi connectivity index (χ4n) is 1.38. The van der Waals surface area contributed by atoms with E-state index in [1.807, 2.05) is 19.1 Å². The van der Waals surface area contributed by atoms with Gasteiger partial charge in [0.25, 0.3) is 0 Å². The van der Waals surface area contributed by atoms with Gasteiger partial charge in [-0.05, 0) is 34.5 Å². The summed E-state index contributed by atoms with van der Waals surface area (Å²) in [4.78, 5) is 12.5. The predicted octanol–water partition coefficient (Wildman–Crippen LogP) is 2.14. The van der Waals surface area contributed by atoms with Crippen LogP contribution in [0.15, 0.2) is 29.0 Å². The van der Waals surface area contributed by atoms with Crippen LogP contribution >= 0.6 is 15.9 Å². The van der Waals surface area contributed by atoms with Crippen molar-refractivity contribution in [2.24, 2.45) is 0 Å². The van der Waals surface area contributed by atoms with E-state index in [4.69, 9.17) is 5.73 Å². The van der Waals surface area contributed by atoms with Crippen molar-refractivity contribution in [2.75, 3.05) is 11.1 Å². The molecule has 0 spiro atoms. The number of nitrogen functional groups attached to an aromatic ring is 1. The van der Waals surface area contributed by atoms with E-state index in [-0.39, 0.29) is 0 Å². The molecule has 2 heterocycles. The van der Waals surface area contributed by atoms with Crippen LogP contribution in [0.3, 0.4) is 0 Å². The summed E-state index contributed by atoms with van der Waals surface area (Å²) in [5, 5.41) is 3.09. The van der Waals surface area contributed by atoms with Crippen molar-refractivity contribution < 1.29 is 0 Å². The highest BCUT2D eigenvalue weighted by molar-refractivity contribution is 9.10. The molecule has 0 aliphatic heterocycles. The van der Waals surface area contributed by atoms with Gasteiger partial charge in [0.1, 0.15) is 10.4 Å². The predicted molar refractivity (Wildman–Crippen MR) is 70.4 cm³/mol. The van der Waals surface area contributed by atoms with Gasteiger partial charge < -0.3 is 11.1 Å². The third kappa shape index (κ3) is 3.13. The second kappa shape index (κ2) is 5.09. The topological polar surface area (TPSA) is 76.7 Å². The number of hydrogen-bond acceptors (Lipinski definition) is 5. The SMILES string of the molecule is Cc1cccnc1CNc1nc(N)cc(Br)n1. The molecule has 3 N–H and O–H groups in total. The summed E-state index contributed by atoms with van der Waals surface area (Å²) in [7, 11) is 0. The number of aromatic nitrogens is 3. The van der Waals surface area contributed by atoms with Crippen LogP contribution in [0.25, 0.3) is 0 Å². The molecule has 0 amide bonds. The number of rotatable bonds is 3. The van der Waals surface area contributed by atoms with E-state index in [1.165, 1.54) is 0 Å². The summed E-state index contributed by atoms with van der Waals surface area (Å²) < 4.78 is 0.658. The average Bonchev–Trinajstić information content (AvgIpc) is 2.27. The number of nitrogens with two attached hydrogens (primary N) is 1. The Morgan fingerprint density at radius 1 is 1.41 bits per heavy atom. The van der Waals surface area contributed by atoms with E-state index in [9.17, 15) is 0 Å². The van der Waals surface area contributed by atoms with Gasteiger partial charge in [-0.1, -0.05) is 6.07 Å². The maximum Gasteiger partial charge on any atom is 0.226 e. The van der Waals surface area contributed by atoms with E-state index in [2.05, 4.69) is 36.2 Å². The highest BCUT2D eigenvalue weighted by Gasteiger charge is 2.02. The van der Waals surface area contributed by atoms with E-state index in [0.29, 0.717) is 22.9 Å². The molecule has 0 saturated carbocycles. The molecular weight excluding hydrogens is 282 g/mol. The minimum absolute atomic E-state index is 0.423. The van der Waals surface area contributed by atoms with E-state index in [0.717, 1.165) is 11.3 Å². The summed E-state index contributed by atoms with van der Waals surface area (Å²) in [5.74, 6) is 0.911. The molecule has 0 saturated heterocycles. The molecule has 17 heavy (non-hydrogen) atoms. The van der Waals surface area contributed by atoms with Crippen molar-refractivity contribution in [3.8, 4) is 0 Å². The smallest absolute Gasteiger partial charge is 0.226 e. The van der Waals surface area contributed by atoms with E-state index >= 15 is 0 Å². The zero-order chi connectivity index (χ0) is 12.3. The first-order valence-corrected chi connectivity index (χ1v) is 5.89. The van der Waals surface area contributed by atoms with Gasteiger partial charge in [-0.3, -0.25) is 4.98 Å². The number of nitrogens with one attached hydrogen (secondary N) is 1. The number of pyridine rings is 1. The first kappa shape index (κ1) is 11.8. The maximum absolute atomic E-state index is 5.62. The Hall–Kier alpha value is -1.69. The third-order valence-corrected chi connectivity index (χ3v) is 2.65. The first-order valence-electron chi connectivity index (χ1n) is 5.09. The summed E-state index contributed by atoms with van der Waals surface area (Å²) in [6.45, 7) is 2.59. The maximum atomic E-state index is 5.62. The molecule has 0 fully saturated rings. The zero-order valence-electron chi connectivity index (χ0n) is 9.31. The lowest BCUT2D eigenvalue weighted by molar-refractivity contribution is 0.981. The molecule has 2 aromatic heterocycles. The standard InChI is InChI=1S/C11H12BrN5/c1-7-3-2-4-14-8(7)6-15-11-16-9(12)5-10(13)17-11/h2-5H,6H2,1H3,(H3,13,15,16,17). The van der Waals surface area contributed by atoms with Gasteiger partial charge >= 0.3 is 0 Å². The average molecular weight is 294 g/mol. The molecule has 5 nitrogen and oxygen atoms in total. The van der Waals surface area contributed by atoms with E-state index in [1.54, 1.807) is 12.3 Å². The monoisotopic (exact) mass is 293 g/mol. The van der Waals surface area contributed by atoms with Crippen molar-refractivity contribution in [3.63, 3.8) is 0 Å². The quantitative estimate of drug-likeness (QED) is 0.848. The minimum atomic E-state index is 0.423. The molecule has 0 atom stereocenters. The van der Waals surface area contributed by atoms with Crippen LogP contribution < -0.4 is 11.1 Å². The van der Waals surface area contributed by atoms with Gasteiger partial charge in [0, 0.05) is 12.3 Å². The molecule has 88 valence electrons.